The van der Waals surface area contributed by atoms with Gasteiger partial charge < -0.3 is 9.15 Å². The van der Waals surface area contributed by atoms with Gasteiger partial charge in [0.15, 0.2) is 5.76 Å². The highest BCUT2D eigenvalue weighted by Crippen LogP contribution is 2.28. The molecule has 2 unspecified atom stereocenters. The summed E-state index contributed by atoms with van der Waals surface area (Å²) in [6, 6.07) is 5.89. The first-order chi connectivity index (χ1) is 9.15. The van der Waals surface area contributed by atoms with Crippen molar-refractivity contribution in [3.8, 4) is 0 Å². The molecule has 1 aromatic carbocycles. The monoisotopic (exact) mass is 262 g/mol. The van der Waals surface area contributed by atoms with E-state index in [0.717, 1.165) is 0 Å². The van der Waals surface area contributed by atoms with Gasteiger partial charge in [-0.25, -0.2) is 4.39 Å². The first-order valence-electron chi connectivity index (χ1n) is 6.46. The lowest BCUT2D eigenvalue weighted by molar-refractivity contribution is 0.0230. The first kappa shape index (κ1) is 12.4. The van der Waals surface area contributed by atoms with E-state index in [2.05, 4.69) is 0 Å². The highest BCUT2D eigenvalue weighted by atomic mass is 19.1. The van der Waals surface area contributed by atoms with Crippen LogP contribution in [0.3, 0.4) is 0 Å². The number of carbonyl (C=O) groups excluding carboxylic acids is 1. The number of halogens is 1. The van der Waals surface area contributed by atoms with Gasteiger partial charge in [0.05, 0.1) is 0 Å². The Morgan fingerprint density at radius 3 is 3.00 bits per heavy atom. The van der Waals surface area contributed by atoms with Crippen LogP contribution in [0.1, 0.15) is 23.9 Å². The zero-order valence-electron chi connectivity index (χ0n) is 10.7. The SMILES string of the molecule is CC1COCCC1C(=O)c1cc2cc(F)ccc2o1. The van der Waals surface area contributed by atoms with Crippen molar-refractivity contribution in [1.29, 1.82) is 0 Å². The Balaban J connectivity index is 1.92. The van der Waals surface area contributed by atoms with Gasteiger partial charge in [-0.1, -0.05) is 6.92 Å². The first-order valence-corrected chi connectivity index (χ1v) is 6.46. The lowest BCUT2D eigenvalue weighted by Gasteiger charge is -2.26. The summed E-state index contributed by atoms with van der Waals surface area (Å²) in [7, 11) is 0. The smallest absolute Gasteiger partial charge is 0.201 e. The molecule has 0 radical (unpaired) electrons. The number of carbonyl (C=O) groups is 1. The van der Waals surface area contributed by atoms with Crippen LogP contribution in [0.4, 0.5) is 4.39 Å². The number of rotatable bonds is 2. The van der Waals surface area contributed by atoms with Crippen LogP contribution in [0.25, 0.3) is 11.0 Å². The lowest BCUT2D eigenvalue weighted by Crippen LogP contribution is -2.31. The molecule has 100 valence electrons. The molecule has 0 aliphatic carbocycles. The maximum absolute atomic E-state index is 13.1. The predicted molar refractivity (Wildman–Crippen MR) is 68.6 cm³/mol. The molecule has 3 rings (SSSR count). The Hall–Kier alpha value is -1.68. The number of ketones is 1. The fraction of sp³-hybridized carbons (Fsp3) is 0.400. The topological polar surface area (TPSA) is 39.4 Å². The minimum Gasteiger partial charge on any atom is -0.453 e. The van der Waals surface area contributed by atoms with Crippen molar-refractivity contribution >= 4 is 16.8 Å². The van der Waals surface area contributed by atoms with Crippen LogP contribution in [0, 0.1) is 17.7 Å². The van der Waals surface area contributed by atoms with Crippen LogP contribution in [0.15, 0.2) is 28.7 Å². The molecular weight excluding hydrogens is 247 g/mol. The van der Waals surface area contributed by atoms with Gasteiger partial charge in [0.25, 0.3) is 0 Å². The molecule has 0 N–H and O–H groups in total. The highest BCUT2D eigenvalue weighted by molar-refractivity contribution is 5.99. The van der Waals surface area contributed by atoms with Crippen LogP contribution in [0.5, 0.6) is 0 Å². The van der Waals surface area contributed by atoms with E-state index in [1.165, 1.54) is 12.1 Å². The number of benzene rings is 1. The van der Waals surface area contributed by atoms with Crippen LogP contribution >= 0.6 is 0 Å². The summed E-state index contributed by atoms with van der Waals surface area (Å²) in [5.41, 5.74) is 0.546. The molecule has 1 aromatic heterocycles. The van der Waals surface area contributed by atoms with Gasteiger partial charge in [0.1, 0.15) is 11.4 Å². The Morgan fingerprint density at radius 2 is 2.21 bits per heavy atom. The largest absolute Gasteiger partial charge is 0.453 e. The summed E-state index contributed by atoms with van der Waals surface area (Å²) in [6.07, 6.45) is 0.714. The van der Waals surface area contributed by atoms with E-state index >= 15 is 0 Å². The quantitative estimate of drug-likeness (QED) is 0.778. The third-order valence-electron chi connectivity index (χ3n) is 3.70. The number of fused-ring (bicyclic) bond motifs is 1. The Bertz CT molecular complexity index is 617. The summed E-state index contributed by atoms with van der Waals surface area (Å²) in [4.78, 5) is 12.4. The zero-order chi connectivity index (χ0) is 13.4. The highest BCUT2D eigenvalue weighted by Gasteiger charge is 2.31. The Morgan fingerprint density at radius 1 is 1.37 bits per heavy atom. The van der Waals surface area contributed by atoms with E-state index in [0.29, 0.717) is 36.4 Å². The molecule has 0 saturated carbocycles. The standard InChI is InChI=1S/C15H15FO3/c1-9-8-18-5-4-12(9)15(17)14-7-10-6-11(16)2-3-13(10)19-14/h2-3,6-7,9,12H,4-5,8H2,1H3. The van der Waals surface area contributed by atoms with Gasteiger partial charge in [-0.2, -0.15) is 0 Å². The molecule has 4 heteroatoms. The molecule has 0 bridgehead atoms. The number of furan rings is 1. The van der Waals surface area contributed by atoms with Gasteiger partial charge in [-0.3, -0.25) is 4.79 Å². The second-order valence-electron chi connectivity index (χ2n) is 5.10. The minimum absolute atomic E-state index is 0.00703. The predicted octanol–water partition coefficient (Wildman–Crippen LogP) is 3.43. The number of ether oxygens (including phenoxy) is 1. The van der Waals surface area contributed by atoms with Gasteiger partial charge in [0.2, 0.25) is 5.78 Å². The molecule has 2 aromatic rings. The number of hydrogen-bond acceptors (Lipinski definition) is 3. The van der Waals surface area contributed by atoms with Crippen LogP contribution < -0.4 is 0 Å². The van der Waals surface area contributed by atoms with Crippen molar-refractivity contribution < 1.29 is 18.3 Å². The minimum atomic E-state index is -0.327. The van der Waals surface area contributed by atoms with Crippen molar-refractivity contribution in [3.63, 3.8) is 0 Å². The van der Waals surface area contributed by atoms with E-state index < -0.39 is 0 Å². The summed E-state index contributed by atoms with van der Waals surface area (Å²) >= 11 is 0. The van der Waals surface area contributed by atoms with Crippen LogP contribution in [-0.4, -0.2) is 19.0 Å². The van der Waals surface area contributed by atoms with E-state index in [9.17, 15) is 9.18 Å². The molecule has 2 atom stereocenters. The summed E-state index contributed by atoms with van der Waals surface area (Å²) in [5, 5.41) is 0.628. The molecule has 1 aliphatic rings. The lowest BCUT2D eigenvalue weighted by atomic mass is 9.85. The van der Waals surface area contributed by atoms with E-state index in [1.807, 2.05) is 6.92 Å². The fourth-order valence-corrected chi connectivity index (χ4v) is 2.59. The summed E-state index contributed by atoms with van der Waals surface area (Å²) in [6.45, 7) is 3.21. The molecule has 2 heterocycles. The Labute approximate surface area is 110 Å². The molecule has 0 amide bonds. The average molecular weight is 262 g/mol. The third-order valence-corrected chi connectivity index (χ3v) is 3.70. The molecule has 1 fully saturated rings. The van der Waals surface area contributed by atoms with Gasteiger partial charge in [0, 0.05) is 24.5 Å². The maximum atomic E-state index is 13.1. The second-order valence-corrected chi connectivity index (χ2v) is 5.10. The van der Waals surface area contributed by atoms with E-state index in [4.69, 9.17) is 9.15 Å². The zero-order valence-corrected chi connectivity index (χ0v) is 10.7. The Kier molecular flexibility index (Phi) is 3.11. The van der Waals surface area contributed by atoms with Crippen molar-refractivity contribution in [2.75, 3.05) is 13.2 Å². The molecule has 0 spiro atoms. The third kappa shape index (κ3) is 2.28. The molecule has 19 heavy (non-hydrogen) atoms. The second kappa shape index (κ2) is 4.78. The van der Waals surface area contributed by atoms with Crippen molar-refractivity contribution in [1.82, 2.24) is 0 Å². The van der Waals surface area contributed by atoms with Crippen molar-refractivity contribution in [2.45, 2.75) is 13.3 Å². The number of hydrogen-bond donors (Lipinski definition) is 0. The molecular formula is C15H15FO3. The average Bonchev–Trinajstić information content (AvgIpc) is 2.81. The number of Topliss-reactive ketones (excluding diaryl/α,β-unsaturated/α-hetero) is 1. The van der Waals surface area contributed by atoms with Crippen molar-refractivity contribution in [3.05, 3.63) is 35.8 Å². The molecule has 1 aliphatic heterocycles. The van der Waals surface area contributed by atoms with Gasteiger partial charge in [-0.15, -0.1) is 0 Å². The normalized spacial score (nSPS) is 23.7. The molecule has 3 nitrogen and oxygen atoms in total. The summed E-state index contributed by atoms with van der Waals surface area (Å²) < 4.78 is 24.0. The van der Waals surface area contributed by atoms with Crippen molar-refractivity contribution in [2.24, 2.45) is 11.8 Å². The maximum Gasteiger partial charge on any atom is 0.201 e. The molecule has 1 saturated heterocycles. The van der Waals surface area contributed by atoms with Gasteiger partial charge >= 0.3 is 0 Å². The van der Waals surface area contributed by atoms with E-state index in [-0.39, 0.29) is 23.4 Å². The van der Waals surface area contributed by atoms with E-state index in [1.54, 1.807) is 12.1 Å². The summed E-state index contributed by atoms with van der Waals surface area (Å²) in [5.74, 6) is 0.101. The van der Waals surface area contributed by atoms with Crippen LogP contribution in [0.2, 0.25) is 0 Å². The fourth-order valence-electron chi connectivity index (χ4n) is 2.59. The van der Waals surface area contributed by atoms with Gasteiger partial charge in [-0.05, 0) is 36.6 Å². The van der Waals surface area contributed by atoms with Crippen LogP contribution in [-0.2, 0) is 4.74 Å².